The molecule has 39 heavy (non-hydrogen) atoms. The van der Waals surface area contributed by atoms with E-state index >= 15 is 0 Å². The Morgan fingerprint density at radius 3 is 2.46 bits per heavy atom. The maximum Gasteiger partial charge on any atom is 0.335 e. The van der Waals surface area contributed by atoms with Crippen LogP contribution in [0.5, 0.6) is 11.5 Å². The van der Waals surface area contributed by atoms with E-state index in [0.717, 1.165) is 26.8 Å². The van der Waals surface area contributed by atoms with Crippen molar-refractivity contribution >= 4 is 52.0 Å². The topological polar surface area (TPSA) is 84.9 Å². The summed E-state index contributed by atoms with van der Waals surface area (Å²) in [6.07, 6.45) is 1.41. The zero-order chi connectivity index (χ0) is 27.7. The summed E-state index contributed by atoms with van der Waals surface area (Å²) in [6, 6.07) is 21.4. The number of ether oxygens (including phenoxy) is 2. The second kappa shape index (κ2) is 10.6. The van der Waals surface area contributed by atoms with Crippen LogP contribution in [0.15, 0.2) is 78.4 Å². The largest absolute Gasteiger partial charge is 0.493 e. The van der Waals surface area contributed by atoms with Crippen molar-refractivity contribution in [3.8, 4) is 11.5 Å². The Morgan fingerprint density at radius 2 is 1.67 bits per heavy atom. The first-order valence-electron chi connectivity index (χ1n) is 12.2. The number of amides is 4. The average Bonchev–Trinajstić information content (AvgIpc) is 2.92. The highest BCUT2D eigenvalue weighted by Gasteiger charge is 2.37. The van der Waals surface area contributed by atoms with Crippen LogP contribution < -0.4 is 19.7 Å². The van der Waals surface area contributed by atoms with Gasteiger partial charge in [-0.15, -0.1) is 0 Å². The van der Waals surface area contributed by atoms with Crippen molar-refractivity contribution in [1.82, 2.24) is 5.32 Å². The molecule has 7 nitrogen and oxygen atoms in total. The molecule has 1 heterocycles. The Morgan fingerprint density at radius 1 is 0.897 bits per heavy atom. The summed E-state index contributed by atoms with van der Waals surface area (Å²) in [5.41, 5.74) is 3.47. The van der Waals surface area contributed by atoms with E-state index in [1.165, 1.54) is 19.3 Å². The Hall–Kier alpha value is -4.62. The van der Waals surface area contributed by atoms with Crippen LogP contribution >= 0.6 is 11.6 Å². The van der Waals surface area contributed by atoms with Gasteiger partial charge in [0, 0.05) is 10.6 Å². The quantitative estimate of drug-likeness (QED) is 0.227. The van der Waals surface area contributed by atoms with Gasteiger partial charge in [0.15, 0.2) is 11.5 Å². The first-order valence-corrected chi connectivity index (χ1v) is 12.6. The fourth-order valence-electron chi connectivity index (χ4n) is 4.55. The van der Waals surface area contributed by atoms with Crippen molar-refractivity contribution in [2.45, 2.75) is 20.5 Å². The molecule has 4 aromatic rings. The molecule has 8 heteroatoms. The lowest BCUT2D eigenvalue weighted by atomic mass is 10.0. The van der Waals surface area contributed by atoms with Gasteiger partial charge in [0.25, 0.3) is 11.8 Å². The molecule has 0 radical (unpaired) electrons. The molecule has 0 saturated carbocycles. The number of halogens is 1. The molecular weight excluding hydrogens is 516 g/mol. The van der Waals surface area contributed by atoms with Crippen LogP contribution in [0.2, 0.25) is 5.02 Å². The molecule has 0 atom stereocenters. The van der Waals surface area contributed by atoms with E-state index in [4.69, 9.17) is 21.1 Å². The van der Waals surface area contributed by atoms with Gasteiger partial charge in [0.2, 0.25) is 0 Å². The molecule has 4 aromatic carbocycles. The van der Waals surface area contributed by atoms with Gasteiger partial charge in [-0.1, -0.05) is 60.1 Å². The Bertz CT molecular complexity index is 1680. The van der Waals surface area contributed by atoms with Gasteiger partial charge in [0.05, 0.1) is 12.8 Å². The number of hydrogen-bond acceptors (Lipinski definition) is 5. The number of aryl methyl sites for hydroxylation is 2. The number of anilines is 1. The predicted molar refractivity (Wildman–Crippen MR) is 151 cm³/mol. The third-order valence-corrected chi connectivity index (χ3v) is 6.89. The van der Waals surface area contributed by atoms with Gasteiger partial charge in [-0.2, -0.15) is 0 Å². The van der Waals surface area contributed by atoms with Crippen molar-refractivity contribution in [1.29, 1.82) is 0 Å². The minimum absolute atomic E-state index is 0.198. The third kappa shape index (κ3) is 5.09. The molecule has 1 aliphatic heterocycles. The summed E-state index contributed by atoms with van der Waals surface area (Å²) in [5.74, 6) is -0.589. The van der Waals surface area contributed by atoms with E-state index in [2.05, 4.69) is 29.6 Å². The highest BCUT2D eigenvalue weighted by Crippen LogP contribution is 2.32. The third-order valence-electron chi connectivity index (χ3n) is 6.66. The summed E-state index contributed by atoms with van der Waals surface area (Å²) >= 11 is 6.10. The van der Waals surface area contributed by atoms with Gasteiger partial charge in [-0.05, 0) is 71.7 Å². The summed E-state index contributed by atoms with van der Waals surface area (Å²) in [5, 5.41) is 4.84. The van der Waals surface area contributed by atoms with Crippen molar-refractivity contribution in [3.63, 3.8) is 0 Å². The van der Waals surface area contributed by atoms with Gasteiger partial charge >= 0.3 is 6.03 Å². The minimum atomic E-state index is -0.836. The van der Waals surface area contributed by atoms with E-state index in [1.54, 1.807) is 37.3 Å². The second-order valence-corrected chi connectivity index (χ2v) is 9.61. The molecule has 5 rings (SSSR count). The number of imide groups is 2. The smallest absolute Gasteiger partial charge is 0.335 e. The van der Waals surface area contributed by atoms with Crippen LogP contribution in [0.4, 0.5) is 10.5 Å². The lowest BCUT2D eigenvalue weighted by Crippen LogP contribution is -2.54. The zero-order valence-corrected chi connectivity index (χ0v) is 22.3. The SMILES string of the molecule is COc1cc(/C=C2\C(=O)NC(=O)N(c3cc(Cl)ccc3C)C2=O)ccc1OCc1c(C)ccc2ccccc12. The van der Waals surface area contributed by atoms with Gasteiger partial charge in [0.1, 0.15) is 12.2 Å². The molecule has 196 valence electrons. The fraction of sp³-hybridized carbons (Fsp3) is 0.129. The number of methoxy groups -OCH3 is 1. The normalized spacial score (nSPS) is 14.6. The average molecular weight is 541 g/mol. The number of hydrogen-bond donors (Lipinski definition) is 1. The Balaban J connectivity index is 1.43. The number of rotatable bonds is 6. The minimum Gasteiger partial charge on any atom is -0.493 e. The first kappa shape index (κ1) is 26.0. The number of carbonyl (C=O) groups is 3. The van der Waals surface area contributed by atoms with Crippen LogP contribution in [-0.4, -0.2) is 25.0 Å². The van der Waals surface area contributed by atoms with Crippen molar-refractivity contribution in [2.24, 2.45) is 0 Å². The van der Waals surface area contributed by atoms with E-state index < -0.39 is 17.8 Å². The number of barbiturate groups is 1. The summed E-state index contributed by atoms with van der Waals surface area (Å²) in [6.45, 7) is 4.12. The van der Waals surface area contributed by atoms with Crippen LogP contribution in [-0.2, 0) is 16.2 Å². The summed E-state index contributed by atoms with van der Waals surface area (Å²) in [4.78, 5) is 39.4. The summed E-state index contributed by atoms with van der Waals surface area (Å²) in [7, 11) is 1.52. The molecule has 0 aromatic heterocycles. The Kier molecular flexibility index (Phi) is 7.09. The Labute approximate surface area is 230 Å². The van der Waals surface area contributed by atoms with E-state index in [1.807, 2.05) is 19.1 Å². The molecule has 1 saturated heterocycles. The lowest BCUT2D eigenvalue weighted by Gasteiger charge is -2.27. The van der Waals surface area contributed by atoms with Gasteiger partial charge in [-0.3, -0.25) is 14.9 Å². The number of benzene rings is 4. The molecule has 4 amide bonds. The molecule has 1 N–H and O–H groups in total. The van der Waals surface area contributed by atoms with Crippen LogP contribution in [0.25, 0.3) is 16.8 Å². The predicted octanol–water partition coefficient (Wildman–Crippen LogP) is 6.36. The molecule has 0 unspecified atom stereocenters. The van der Waals surface area contributed by atoms with Gasteiger partial charge < -0.3 is 9.47 Å². The standard InChI is InChI=1S/C31H25ClN2O5/c1-18-8-11-21-6-4-5-7-23(21)25(18)17-39-27-13-10-20(15-28(27)38-3)14-24-29(35)33-31(37)34(30(24)36)26-16-22(32)12-9-19(26)2/h4-16H,17H2,1-3H3,(H,33,35,37)/b24-14+. The van der Waals surface area contributed by atoms with Crippen molar-refractivity contribution in [2.75, 3.05) is 12.0 Å². The number of carbonyl (C=O) groups excluding carboxylic acids is 3. The monoisotopic (exact) mass is 540 g/mol. The van der Waals surface area contributed by atoms with E-state index in [9.17, 15) is 14.4 Å². The molecule has 0 spiro atoms. The first-order chi connectivity index (χ1) is 18.8. The maximum absolute atomic E-state index is 13.3. The number of fused-ring (bicyclic) bond motifs is 1. The van der Waals surface area contributed by atoms with Gasteiger partial charge in [-0.25, -0.2) is 9.69 Å². The number of nitrogens with one attached hydrogen (secondary N) is 1. The van der Waals surface area contributed by atoms with Crippen LogP contribution in [0, 0.1) is 13.8 Å². The van der Waals surface area contributed by atoms with Crippen LogP contribution in [0.1, 0.15) is 22.3 Å². The zero-order valence-electron chi connectivity index (χ0n) is 21.6. The number of urea groups is 1. The number of nitrogens with zero attached hydrogens (tertiary/aromatic N) is 1. The molecule has 1 aliphatic rings. The van der Waals surface area contributed by atoms with Crippen LogP contribution in [0.3, 0.4) is 0 Å². The molecule has 1 fully saturated rings. The van der Waals surface area contributed by atoms with E-state index in [-0.39, 0.29) is 5.57 Å². The van der Waals surface area contributed by atoms with Crippen molar-refractivity contribution < 1.29 is 23.9 Å². The van der Waals surface area contributed by atoms with Crippen molar-refractivity contribution in [3.05, 3.63) is 106 Å². The molecule has 0 aliphatic carbocycles. The lowest BCUT2D eigenvalue weighted by molar-refractivity contribution is -0.122. The molecule has 0 bridgehead atoms. The highest BCUT2D eigenvalue weighted by atomic mass is 35.5. The summed E-state index contributed by atoms with van der Waals surface area (Å²) < 4.78 is 11.7. The maximum atomic E-state index is 13.3. The van der Waals surface area contributed by atoms with E-state index in [0.29, 0.717) is 39.9 Å². The highest BCUT2D eigenvalue weighted by molar-refractivity contribution is 6.39. The molecular formula is C31H25ClN2O5. The second-order valence-electron chi connectivity index (χ2n) is 9.17. The fourth-order valence-corrected chi connectivity index (χ4v) is 4.71.